The molecule has 1 aromatic carbocycles. The Hall–Kier alpha value is -1.75. The van der Waals surface area contributed by atoms with Crippen molar-refractivity contribution in [3.63, 3.8) is 0 Å². The van der Waals surface area contributed by atoms with Crippen molar-refractivity contribution in [2.45, 2.75) is 20.3 Å². The van der Waals surface area contributed by atoms with E-state index >= 15 is 0 Å². The first-order valence-corrected chi connectivity index (χ1v) is 4.44. The molecule has 1 amide bonds. The average molecular weight is 187 g/mol. The van der Waals surface area contributed by atoms with E-state index in [4.69, 9.17) is 5.73 Å². The van der Waals surface area contributed by atoms with Crippen LogP contribution in [0.1, 0.15) is 23.1 Å². The molecule has 0 saturated carbocycles. The number of carbonyl (C=O) groups excluding carboxylic acids is 1. The van der Waals surface area contributed by atoms with E-state index < -0.39 is 0 Å². The lowest BCUT2D eigenvalue weighted by molar-refractivity contribution is -0.117. The Morgan fingerprint density at radius 1 is 1.43 bits per heavy atom. The van der Waals surface area contributed by atoms with Crippen molar-refractivity contribution in [3.05, 3.63) is 34.9 Å². The van der Waals surface area contributed by atoms with Crippen LogP contribution in [0.3, 0.4) is 0 Å². The number of aryl methyl sites for hydroxylation is 2. The van der Waals surface area contributed by atoms with Gasteiger partial charge in [0.1, 0.15) is 0 Å². The molecule has 2 heteroatoms. The number of carbonyl (C=O) groups is 1. The van der Waals surface area contributed by atoms with Crippen LogP contribution in [-0.4, -0.2) is 5.91 Å². The van der Waals surface area contributed by atoms with Crippen molar-refractivity contribution in [2.75, 3.05) is 0 Å². The highest BCUT2D eigenvalue weighted by Crippen LogP contribution is 2.08. The number of benzene rings is 1. The molecule has 0 heterocycles. The third-order valence-corrected chi connectivity index (χ3v) is 1.88. The number of rotatable bonds is 1. The predicted molar refractivity (Wildman–Crippen MR) is 56.6 cm³/mol. The molecular formula is C12H13NO. The quantitative estimate of drug-likeness (QED) is 0.666. The molecule has 1 rings (SSSR count). The Morgan fingerprint density at radius 2 is 2.14 bits per heavy atom. The first kappa shape index (κ1) is 10.3. The van der Waals surface area contributed by atoms with Crippen LogP contribution in [0.15, 0.2) is 18.2 Å². The summed E-state index contributed by atoms with van der Waals surface area (Å²) >= 11 is 0. The third-order valence-electron chi connectivity index (χ3n) is 1.88. The summed E-state index contributed by atoms with van der Waals surface area (Å²) in [5.74, 6) is 5.29. The van der Waals surface area contributed by atoms with E-state index in [2.05, 4.69) is 11.8 Å². The number of hydrogen-bond donors (Lipinski definition) is 1. The van der Waals surface area contributed by atoms with Crippen LogP contribution in [0, 0.1) is 25.7 Å². The molecule has 0 spiro atoms. The van der Waals surface area contributed by atoms with Gasteiger partial charge in [-0.05, 0) is 31.0 Å². The fourth-order valence-corrected chi connectivity index (χ4v) is 1.10. The summed E-state index contributed by atoms with van der Waals surface area (Å²) in [4.78, 5) is 10.5. The monoisotopic (exact) mass is 187 g/mol. The maximum Gasteiger partial charge on any atom is 0.229 e. The van der Waals surface area contributed by atoms with Gasteiger partial charge in [-0.3, -0.25) is 4.79 Å². The summed E-state index contributed by atoms with van der Waals surface area (Å²) in [5.41, 5.74) is 8.23. The first-order chi connectivity index (χ1) is 6.59. The highest BCUT2D eigenvalue weighted by molar-refractivity contribution is 5.76. The van der Waals surface area contributed by atoms with Crippen LogP contribution in [-0.2, 0) is 4.79 Å². The molecule has 2 N–H and O–H groups in total. The summed E-state index contributed by atoms with van der Waals surface area (Å²) < 4.78 is 0. The van der Waals surface area contributed by atoms with Gasteiger partial charge in [-0.2, -0.15) is 0 Å². The molecule has 0 aliphatic heterocycles. The first-order valence-electron chi connectivity index (χ1n) is 4.44. The van der Waals surface area contributed by atoms with Crippen LogP contribution >= 0.6 is 0 Å². The zero-order valence-electron chi connectivity index (χ0n) is 8.42. The maximum absolute atomic E-state index is 10.5. The fourth-order valence-electron chi connectivity index (χ4n) is 1.10. The SMILES string of the molecule is Cc1ccc(C)c(C#CCC(N)=O)c1. The fraction of sp³-hybridized carbons (Fsp3) is 0.250. The molecular weight excluding hydrogens is 174 g/mol. The molecule has 0 radical (unpaired) electrons. The minimum Gasteiger partial charge on any atom is -0.369 e. The van der Waals surface area contributed by atoms with Crippen molar-refractivity contribution in [1.82, 2.24) is 0 Å². The lowest BCUT2D eigenvalue weighted by Crippen LogP contribution is -2.08. The summed E-state index contributed by atoms with van der Waals surface area (Å²) in [6.45, 7) is 4.01. The molecule has 2 nitrogen and oxygen atoms in total. The van der Waals surface area contributed by atoms with E-state index in [0.29, 0.717) is 0 Å². The Morgan fingerprint density at radius 3 is 2.79 bits per heavy atom. The molecule has 0 aliphatic rings. The van der Waals surface area contributed by atoms with Crippen LogP contribution < -0.4 is 5.73 Å². The van der Waals surface area contributed by atoms with Crippen molar-refractivity contribution < 1.29 is 4.79 Å². The topological polar surface area (TPSA) is 43.1 Å². The zero-order valence-corrected chi connectivity index (χ0v) is 8.42. The third kappa shape index (κ3) is 2.95. The summed E-state index contributed by atoms with van der Waals surface area (Å²) in [6.07, 6.45) is 0.118. The molecule has 0 fully saturated rings. The van der Waals surface area contributed by atoms with Crippen molar-refractivity contribution in [3.8, 4) is 11.8 Å². The lowest BCUT2D eigenvalue weighted by Gasteiger charge is -1.98. The molecule has 0 aliphatic carbocycles. The van der Waals surface area contributed by atoms with Crippen molar-refractivity contribution in [2.24, 2.45) is 5.73 Å². The number of nitrogens with two attached hydrogens (primary N) is 1. The highest BCUT2D eigenvalue weighted by Gasteiger charge is 1.94. The minimum atomic E-state index is -0.386. The number of hydrogen-bond acceptors (Lipinski definition) is 1. The lowest BCUT2D eigenvalue weighted by atomic mass is 10.1. The van der Waals surface area contributed by atoms with Gasteiger partial charge in [-0.25, -0.2) is 0 Å². The van der Waals surface area contributed by atoms with Gasteiger partial charge in [-0.15, -0.1) is 0 Å². The Balaban J connectivity index is 2.88. The second-order valence-electron chi connectivity index (χ2n) is 3.26. The number of amides is 1. The van der Waals surface area contributed by atoms with Gasteiger partial charge in [0.05, 0.1) is 6.42 Å². The normalized spacial score (nSPS) is 9.00. The summed E-state index contributed by atoms with van der Waals surface area (Å²) in [7, 11) is 0. The maximum atomic E-state index is 10.5. The largest absolute Gasteiger partial charge is 0.369 e. The summed E-state index contributed by atoms with van der Waals surface area (Å²) in [5, 5.41) is 0. The van der Waals surface area contributed by atoms with E-state index in [9.17, 15) is 4.79 Å². The van der Waals surface area contributed by atoms with E-state index in [1.165, 1.54) is 5.56 Å². The average Bonchev–Trinajstić information content (AvgIpc) is 2.10. The molecule has 1 aromatic rings. The van der Waals surface area contributed by atoms with Crippen LogP contribution in [0.25, 0.3) is 0 Å². The van der Waals surface area contributed by atoms with Crippen molar-refractivity contribution >= 4 is 5.91 Å². The van der Waals surface area contributed by atoms with E-state index in [-0.39, 0.29) is 12.3 Å². The molecule has 0 bridgehead atoms. The van der Waals surface area contributed by atoms with Gasteiger partial charge in [0.25, 0.3) is 0 Å². The Kier molecular flexibility index (Phi) is 3.30. The number of primary amides is 1. The molecule has 0 atom stereocenters. The van der Waals surface area contributed by atoms with Gasteiger partial charge >= 0.3 is 0 Å². The molecule has 0 aromatic heterocycles. The summed E-state index contributed by atoms with van der Waals surface area (Å²) in [6, 6.07) is 6.06. The van der Waals surface area contributed by atoms with Gasteiger partial charge in [-0.1, -0.05) is 24.0 Å². The zero-order chi connectivity index (χ0) is 10.6. The van der Waals surface area contributed by atoms with Gasteiger partial charge in [0.15, 0.2) is 0 Å². The predicted octanol–water partition coefficient (Wildman–Crippen LogP) is 1.53. The Bertz CT molecular complexity index is 410. The Labute approximate surface area is 84.1 Å². The highest BCUT2D eigenvalue weighted by atomic mass is 16.1. The molecule has 0 unspecified atom stereocenters. The van der Waals surface area contributed by atoms with Gasteiger partial charge in [0.2, 0.25) is 5.91 Å². The van der Waals surface area contributed by atoms with E-state index in [1.54, 1.807) is 0 Å². The van der Waals surface area contributed by atoms with Crippen LogP contribution in [0.4, 0.5) is 0 Å². The second kappa shape index (κ2) is 4.48. The van der Waals surface area contributed by atoms with Gasteiger partial charge < -0.3 is 5.73 Å². The standard InChI is InChI=1S/C12H13NO/c1-9-6-7-10(2)11(8-9)4-3-5-12(13)14/h6-8H,5H2,1-2H3,(H2,13,14). The van der Waals surface area contributed by atoms with Crippen molar-refractivity contribution in [1.29, 1.82) is 0 Å². The smallest absolute Gasteiger partial charge is 0.229 e. The van der Waals surface area contributed by atoms with Crippen LogP contribution in [0.2, 0.25) is 0 Å². The minimum absolute atomic E-state index is 0.118. The molecule has 0 saturated heterocycles. The van der Waals surface area contributed by atoms with E-state index in [1.807, 2.05) is 32.0 Å². The van der Waals surface area contributed by atoms with E-state index in [0.717, 1.165) is 11.1 Å². The van der Waals surface area contributed by atoms with Gasteiger partial charge in [0, 0.05) is 5.56 Å². The molecule has 72 valence electrons. The van der Waals surface area contributed by atoms with Crippen LogP contribution in [0.5, 0.6) is 0 Å². The molecule has 14 heavy (non-hydrogen) atoms. The second-order valence-corrected chi connectivity index (χ2v) is 3.26.